The number of unbranched alkanes of at least 4 members (excludes halogenated alkanes) is 2. The van der Waals surface area contributed by atoms with Gasteiger partial charge in [-0.05, 0) is 86.9 Å². The first kappa shape index (κ1) is 36.4. The first-order valence-corrected chi connectivity index (χ1v) is 19.3. The lowest BCUT2D eigenvalue weighted by atomic mass is 9.47. The molecular formula is C39H69FN4O. The van der Waals surface area contributed by atoms with E-state index < -0.39 is 12.1 Å². The highest BCUT2D eigenvalue weighted by Crippen LogP contribution is 2.62. The third-order valence-corrected chi connectivity index (χ3v) is 13.4. The number of allylic oxidation sites excluding steroid dienone is 1. The Bertz CT molecular complexity index is 992. The molecule has 0 saturated heterocycles. The van der Waals surface area contributed by atoms with Crippen LogP contribution < -0.4 is 16.4 Å². The van der Waals surface area contributed by atoms with Gasteiger partial charge in [0.05, 0.1) is 12.0 Å². The van der Waals surface area contributed by atoms with E-state index in [4.69, 9.17) is 10.7 Å². The fraction of sp³-hybridized carbons (Fsp3) is 0.897. The van der Waals surface area contributed by atoms with E-state index in [0.717, 1.165) is 69.0 Å². The summed E-state index contributed by atoms with van der Waals surface area (Å²) in [6.45, 7) is 14.6. The van der Waals surface area contributed by atoms with Crippen LogP contribution in [0.2, 0.25) is 0 Å². The zero-order valence-corrected chi connectivity index (χ0v) is 29.9. The zero-order chi connectivity index (χ0) is 32.6. The van der Waals surface area contributed by atoms with Crippen molar-refractivity contribution in [2.24, 2.45) is 57.1 Å². The summed E-state index contributed by atoms with van der Waals surface area (Å²) < 4.78 is 15.0. The van der Waals surface area contributed by atoms with Gasteiger partial charge in [0, 0.05) is 36.1 Å². The average Bonchev–Trinajstić information content (AvgIpc) is 3.57. The first-order chi connectivity index (χ1) is 21.7. The minimum atomic E-state index is -1.06. The maximum absolute atomic E-state index is 15.0. The maximum Gasteiger partial charge on any atom is 0.231 e. The molecule has 2 fully saturated rings. The van der Waals surface area contributed by atoms with Crippen molar-refractivity contribution in [1.82, 2.24) is 10.6 Å². The zero-order valence-electron chi connectivity index (χ0n) is 29.9. The number of carbonyl (C=O) groups is 1. The van der Waals surface area contributed by atoms with Crippen LogP contribution in [0.25, 0.3) is 0 Å². The largest absolute Gasteiger partial charge is 0.389 e. The van der Waals surface area contributed by atoms with Gasteiger partial charge in [0.2, 0.25) is 5.91 Å². The number of halogens is 1. The van der Waals surface area contributed by atoms with Crippen molar-refractivity contribution in [3.05, 3.63) is 11.9 Å². The standard InChI is InChI=1S/C39H69FN4O/c1-7-11-15-27(5)39-30(18-19-32(33(39)9-3)29-16-13-14-17-29)24-42-26-35(39)44-37(45)36(28(6)41)34-23-38(10-4,21-12-8-2)22-20-31(40)25-43-34/h25-34,36,42H,7-24,41H2,1-6H3,(H,44,45)/b43-25-/t27-,28?,30?,31?,32?,33?,34?,36?,38?,39?/m0/s1. The van der Waals surface area contributed by atoms with Crippen LogP contribution in [0.5, 0.6) is 0 Å². The third kappa shape index (κ3) is 7.83. The lowest BCUT2D eigenvalue weighted by Gasteiger charge is -2.60. The molecule has 2 heterocycles. The number of carbonyl (C=O) groups excluding carboxylic acids is 1. The molecule has 0 radical (unpaired) electrons. The van der Waals surface area contributed by atoms with Crippen LogP contribution in [-0.2, 0) is 4.79 Å². The molecule has 6 heteroatoms. The van der Waals surface area contributed by atoms with Gasteiger partial charge in [-0.25, -0.2) is 4.39 Å². The normalized spacial score (nSPS) is 36.9. The number of alkyl halides is 1. The van der Waals surface area contributed by atoms with Crippen LogP contribution in [0, 0.1) is 46.3 Å². The van der Waals surface area contributed by atoms with Gasteiger partial charge in [-0.3, -0.25) is 9.79 Å². The predicted octanol–water partition coefficient (Wildman–Crippen LogP) is 9.11. The molecule has 2 saturated carbocycles. The number of nitrogens with zero attached hydrogens (tertiary/aromatic N) is 1. The van der Waals surface area contributed by atoms with Crippen molar-refractivity contribution in [2.75, 3.05) is 6.54 Å². The van der Waals surface area contributed by atoms with Gasteiger partial charge in [0.25, 0.3) is 0 Å². The number of hydrogen-bond acceptors (Lipinski definition) is 4. The van der Waals surface area contributed by atoms with Crippen molar-refractivity contribution in [2.45, 2.75) is 169 Å². The summed E-state index contributed by atoms with van der Waals surface area (Å²) in [5, 5.41) is 7.25. The number of fused-ring (bicyclic) bond motifs is 1. The summed E-state index contributed by atoms with van der Waals surface area (Å²) in [5.74, 6) is 2.57. The van der Waals surface area contributed by atoms with Gasteiger partial charge in [-0.2, -0.15) is 0 Å². The van der Waals surface area contributed by atoms with Gasteiger partial charge < -0.3 is 16.4 Å². The van der Waals surface area contributed by atoms with Crippen LogP contribution in [0.15, 0.2) is 16.9 Å². The van der Waals surface area contributed by atoms with E-state index in [-0.39, 0.29) is 28.8 Å². The summed E-state index contributed by atoms with van der Waals surface area (Å²) in [6, 6.07) is -0.701. The minimum absolute atomic E-state index is 0.00593. The van der Waals surface area contributed by atoms with Crippen LogP contribution in [0.3, 0.4) is 0 Å². The summed E-state index contributed by atoms with van der Waals surface area (Å²) in [5.41, 5.74) is 7.76. The van der Waals surface area contributed by atoms with Gasteiger partial charge in [-0.15, -0.1) is 0 Å². The smallest absolute Gasteiger partial charge is 0.231 e. The van der Waals surface area contributed by atoms with E-state index in [0.29, 0.717) is 24.2 Å². The highest BCUT2D eigenvalue weighted by atomic mass is 19.1. The molecule has 9 unspecified atom stereocenters. The molecule has 4 aliphatic rings. The fourth-order valence-electron chi connectivity index (χ4n) is 10.9. The number of hydrogen-bond donors (Lipinski definition) is 3. The molecule has 0 aromatic heterocycles. The predicted molar refractivity (Wildman–Crippen MR) is 188 cm³/mol. The Morgan fingerprint density at radius 3 is 2.47 bits per heavy atom. The Balaban J connectivity index is 1.71. The van der Waals surface area contributed by atoms with E-state index in [2.05, 4.69) is 51.5 Å². The molecular weight excluding hydrogens is 559 g/mol. The molecule has 4 N–H and O–H groups in total. The SMILES string of the molecule is CCCC[C@H](C)C12C(NC(=O)C(C(C)N)C3CC(CC)(CCCC)CCC(F)/C=N\3)=CNCC1CCC(C1CCCC1)C2CC. The van der Waals surface area contributed by atoms with Crippen LogP contribution in [-0.4, -0.2) is 36.9 Å². The van der Waals surface area contributed by atoms with Gasteiger partial charge in [0.15, 0.2) is 0 Å². The second-order valence-corrected chi connectivity index (χ2v) is 15.9. The highest BCUT2D eigenvalue weighted by Gasteiger charge is 2.58. The number of aliphatic imine (C=N–C) groups is 1. The van der Waals surface area contributed by atoms with Crippen molar-refractivity contribution >= 4 is 12.1 Å². The molecule has 0 bridgehead atoms. The summed E-state index contributed by atoms with van der Waals surface area (Å²) in [7, 11) is 0. The second-order valence-electron chi connectivity index (χ2n) is 15.9. The summed E-state index contributed by atoms with van der Waals surface area (Å²) >= 11 is 0. The average molecular weight is 629 g/mol. The molecule has 0 aromatic rings. The maximum atomic E-state index is 15.0. The van der Waals surface area contributed by atoms with E-state index in [9.17, 15) is 4.79 Å². The van der Waals surface area contributed by atoms with E-state index in [1.807, 2.05) is 6.92 Å². The van der Waals surface area contributed by atoms with Crippen LogP contribution >= 0.6 is 0 Å². The number of amides is 1. The first-order valence-electron chi connectivity index (χ1n) is 19.3. The number of rotatable bonds is 14. The monoisotopic (exact) mass is 629 g/mol. The molecule has 0 aromatic carbocycles. The number of nitrogens with one attached hydrogen (secondary N) is 2. The van der Waals surface area contributed by atoms with Crippen LogP contribution in [0.1, 0.15) is 151 Å². The molecule has 2 aliphatic carbocycles. The third-order valence-electron chi connectivity index (χ3n) is 13.4. The quantitative estimate of drug-likeness (QED) is 0.180. The molecule has 4 rings (SSSR count). The highest BCUT2D eigenvalue weighted by molar-refractivity contribution is 5.82. The molecule has 0 spiro atoms. The van der Waals surface area contributed by atoms with Crippen molar-refractivity contribution in [3.63, 3.8) is 0 Å². The van der Waals surface area contributed by atoms with E-state index in [1.165, 1.54) is 64.0 Å². The topological polar surface area (TPSA) is 79.5 Å². The van der Waals surface area contributed by atoms with E-state index >= 15 is 4.39 Å². The van der Waals surface area contributed by atoms with Crippen LogP contribution in [0.4, 0.5) is 4.39 Å². The van der Waals surface area contributed by atoms with Crippen molar-refractivity contribution in [3.8, 4) is 0 Å². The molecule has 5 nitrogen and oxygen atoms in total. The number of nitrogens with two attached hydrogens (primary N) is 1. The van der Waals surface area contributed by atoms with Crippen molar-refractivity contribution < 1.29 is 9.18 Å². The Kier molecular flexibility index (Phi) is 13.4. The molecule has 45 heavy (non-hydrogen) atoms. The Morgan fingerprint density at radius 1 is 1.09 bits per heavy atom. The Hall–Kier alpha value is -1.43. The molecule has 258 valence electrons. The second kappa shape index (κ2) is 16.6. The Morgan fingerprint density at radius 2 is 1.82 bits per heavy atom. The molecule has 1 amide bonds. The van der Waals surface area contributed by atoms with E-state index in [1.54, 1.807) is 0 Å². The summed E-state index contributed by atoms with van der Waals surface area (Å²) in [6.07, 6.45) is 21.8. The van der Waals surface area contributed by atoms with Gasteiger partial charge in [-0.1, -0.05) is 98.8 Å². The van der Waals surface area contributed by atoms with Crippen molar-refractivity contribution in [1.29, 1.82) is 0 Å². The Labute approximate surface area is 276 Å². The minimum Gasteiger partial charge on any atom is -0.389 e. The summed E-state index contributed by atoms with van der Waals surface area (Å²) in [4.78, 5) is 19.5. The lowest BCUT2D eigenvalue weighted by Crippen LogP contribution is -2.60. The molecule has 2 aliphatic heterocycles. The lowest BCUT2D eigenvalue weighted by molar-refractivity contribution is -0.128. The van der Waals surface area contributed by atoms with Gasteiger partial charge in [0.1, 0.15) is 6.17 Å². The fourth-order valence-corrected chi connectivity index (χ4v) is 10.9. The van der Waals surface area contributed by atoms with Gasteiger partial charge >= 0.3 is 0 Å². The molecule has 10 atom stereocenters.